The molecule has 2 aliphatic rings. The molecule has 7 nitrogen and oxygen atoms in total. The zero-order chi connectivity index (χ0) is 21.0. The van der Waals surface area contributed by atoms with E-state index in [0.717, 1.165) is 33.2 Å². The highest BCUT2D eigenvalue weighted by Gasteiger charge is 2.39. The lowest BCUT2D eigenvalue weighted by atomic mass is 9.98. The highest BCUT2D eigenvalue weighted by atomic mass is 16.2. The third-order valence-corrected chi connectivity index (χ3v) is 5.99. The molecule has 0 bridgehead atoms. The van der Waals surface area contributed by atoms with Gasteiger partial charge in [0.05, 0.1) is 5.69 Å². The summed E-state index contributed by atoms with van der Waals surface area (Å²) < 4.78 is 0. The lowest BCUT2D eigenvalue weighted by Crippen LogP contribution is -2.52. The van der Waals surface area contributed by atoms with Crippen LogP contribution in [0.25, 0.3) is 22.0 Å². The average Bonchev–Trinajstić information content (AvgIpc) is 3.06. The Bertz CT molecular complexity index is 1250. The van der Waals surface area contributed by atoms with Gasteiger partial charge in [-0.1, -0.05) is 30.3 Å². The summed E-state index contributed by atoms with van der Waals surface area (Å²) in [6.45, 7) is 2.34. The first kappa shape index (κ1) is 18.3. The molecule has 2 aliphatic heterocycles. The quantitative estimate of drug-likeness (QED) is 0.643. The van der Waals surface area contributed by atoms with Gasteiger partial charge in [-0.05, 0) is 42.0 Å². The van der Waals surface area contributed by atoms with Crippen molar-refractivity contribution in [2.24, 2.45) is 0 Å². The number of hydrogen-bond donors (Lipinski definition) is 2. The summed E-state index contributed by atoms with van der Waals surface area (Å²) in [4.78, 5) is 42.7. The van der Waals surface area contributed by atoms with E-state index in [4.69, 9.17) is 5.73 Å². The highest BCUT2D eigenvalue weighted by Crippen LogP contribution is 2.34. The average molecular weight is 400 g/mol. The van der Waals surface area contributed by atoms with Crippen molar-refractivity contribution >= 4 is 34.3 Å². The smallest absolute Gasteiger partial charge is 0.255 e. The number of piperidine rings is 1. The van der Waals surface area contributed by atoms with Crippen LogP contribution in [0.3, 0.4) is 0 Å². The molecule has 5 rings (SSSR count). The van der Waals surface area contributed by atoms with Gasteiger partial charge >= 0.3 is 0 Å². The molecule has 0 aliphatic carbocycles. The number of benzene rings is 2. The second-order valence-corrected chi connectivity index (χ2v) is 7.79. The standard InChI is InChI=1S/C23H20N4O3/c1-12-15-4-2-3-5-17(15)21(24)26-20(12)13-6-7-16-14(10-13)11-27(23(16)30)18-8-9-19(28)25-22(18)29/h2-7,10,18H,8-9,11H2,1H3,(H2,24,26)(H,25,28,29). The summed E-state index contributed by atoms with van der Waals surface area (Å²) in [5.74, 6) is -0.424. The van der Waals surface area contributed by atoms with Crippen LogP contribution in [0.2, 0.25) is 0 Å². The minimum atomic E-state index is -0.623. The largest absolute Gasteiger partial charge is 0.383 e. The Morgan fingerprint density at radius 3 is 2.63 bits per heavy atom. The zero-order valence-corrected chi connectivity index (χ0v) is 16.4. The molecule has 3 aromatic rings. The summed E-state index contributed by atoms with van der Waals surface area (Å²) in [6.07, 6.45) is 0.584. The Balaban J connectivity index is 1.52. The highest BCUT2D eigenvalue weighted by molar-refractivity contribution is 6.05. The molecule has 1 unspecified atom stereocenters. The fourth-order valence-corrected chi connectivity index (χ4v) is 4.43. The Kier molecular flexibility index (Phi) is 4.06. The lowest BCUT2D eigenvalue weighted by molar-refractivity contribution is -0.136. The van der Waals surface area contributed by atoms with Crippen molar-refractivity contribution in [3.05, 3.63) is 59.2 Å². The Morgan fingerprint density at radius 1 is 1.10 bits per heavy atom. The van der Waals surface area contributed by atoms with E-state index in [1.165, 1.54) is 0 Å². The summed E-state index contributed by atoms with van der Waals surface area (Å²) in [6, 6.07) is 12.9. The monoisotopic (exact) mass is 400 g/mol. The van der Waals surface area contributed by atoms with E-state index >= 15 is 0 Å². The van der Waals surface area contributed by atoms with Gasteiger partial charge in [0, 0.05) is 29.5 Å². The van der Waals surface area contributed by atoms with Gasteiger partial charge in [0.15, 0.2) is 0 Å². The molecule has 3 heterocycles. The van der Waals surface area contributed by atoms with E-state index in [-0.39, 0.29) is 18.2 Å². The molecule has 150 valence electrons. The summed E-state index contributed by atoms with van der Waals surface area (Å²) in [7, 11) is 0. The van der Waals surface area contributed by atoms with E-state index in [9.17, 15) is 14.4 Å². The number of pyridine rings is 1. The number of fused-ring (bicyclic) bond motifs is 2. The number of carbonyl (C=O) groups excluding carboxylic acids is 3. The second-order valence-electron chi connectivity index (χ2n) is 7.79. The van der Waals surface area contributed by atoms with Crippen molar-refractivity contribution < 1.29 is 14.4 Å². The maximum atomic E-state index is 12.9. The van der Waals surface area contributed by atoms with Crippen LogP contribution in [-0.2, 0) is 16.1 Å². The van der Waals surface area contributed by atoms with Gasteiger partial charge in [-0.15, -0.1) is 0 Å². The number of nitrogens with zero attached hydrogens (tertiary/aromatic N) is 2. The zero-order valence-electron chi connectivity index (χ0n) is 16.4. The summed E-state index contributed by atoms with van der Waals surface area (Å²) >= 11 is 0. The Morgan fingerprint density at radius 2 is 1.87 bits per heavy atom. The normalized spacial score (nSPS) is 18.6. The van der Waals surface area contributed by atoms with E-state index in [2.05, 4.69) is 10.3 Å². The van der Waals surface area contributed by atoms with Gasteiger partial charge in [-0.2, -0.15) is 0 Å². The third kappa shape index (κ3) is 2.74. The number of rotatable bonds is 2. The maximum Gasteiger partial charge on any atom is 0.255 e. The SMILES string of the molecule is Cc1c(-c2ccc3c(c2)CN(C2CCC(=O)NC2=O)C3=O)nc(N)c2ccccc12. The molecular weight excluding hydrogens is 380 g/mol. The van der Waals surface area contributed by atoms with Crippen LogP contribution in [0.15, 0.2) is 42.5 Å². The molecule has 1 atom stereocenters. The maximum absolute atomic E-state index is 12.9. The van der Waals surface area contributed by atoms with Crippen molar-refractivity contribution in [3.8, 4) is 11.3 Å². The molecule has 30 heavy (non-hydrogen) atoms. The van der Waals surface area contributed by atoms with Gasteiger partial charge in [0.2, 0.25) is 11.8 Å². The Hall–Kier alpha value is -3.74. The van der Waals surface area contributed by atoms with E-state index in [0.29, 0.717) is 24.3 Å². The molecule has 1 aromatic heterocycles. The van der Waals surface area contributed by atoms with E-state index in [1.807, 2.05) is 43.3 Å². The molecular formula is C23H20N4O3. The number of amides is 3. The summed E-state index contributed by atoms with van der Waals surface area (Å²) in [5.41, 5.74) is 10.3. The molecule has 2 aromatic carbocycles. The number of nitrogens with one attached hydrogen (secondary N) is 1. The van der Waals surface area contributed by atoms with Gasteiger partial charge in [0.25, 0.3) is 5.91 Å². The fraction of sp³-hybridized carbons (Fsp3) is 0.217. The van der Waals surface area contributed by atoms with Crippen LogP contribution in [0, 0.1) is 6.92 Å². The minimum Gasteiger partial charge on any atom is -0.383 e. The van der Waals surface area contributed by atoms with Gasteiger partial charge in [-0.3, -0.25) is 19.7 Å². The number of imide groups is 1. The fourth-order valence-electron chi connectivity index (χ4n) is 4.43. The van der Waals surface area contributed by atoms with Crippen molar-refractivity contribution in [1.82, 2.24) is 15.2 Å². The van der Waals surface area contributed by atoms with Crippen molar-refractivity contribution in [3.63, 3.8) is 0 Å². The second kappa shape index (κ2) is 6.66. The van der Waals surface area contributed by atoms with Crippen LogP contribution in [0.1, 0.15) is 34.3 Å². The first-order valence-electron chi connectivity index (χ1n) is 9.87. The number of nitrogens with two attached hydrogens (primary N) is 1. The van der Waals surface area contributed by atoms with Crippen LogP contribution in [0.5, 0.6) is 0 Å². The van der Waals surface area contributed by atoms with Crippen molar-refractivity contribution in [1.29, 1.82) is 0 Å². The van der Waals surface area contributed by atoms with Crippen LogP contribution >= 0.6 is 0 Å². The lowest BCUT2D eigenvalue weighted by Gasteiger charge is -2.29. The predicted molar refractivity (Wildman–Crippen MR) is 112 cm³/mol. The molecule has 0 saturated carbocycles. The first-order valence-corrected chi connectivity index (χ1v) is 9.87. The molecule has 3 amide bonds. The predicted octanol–water partition coefficient (Wildman–Crippen LogP) is 2.55. The first-order chi connectivity index (χ1) is 14.4. The number of carbonyl (C=O) groups is 3. The molecule has 0 radical (unpaired) electrons. The number of anilines is 1. The van der Waals surface area contributed by atoms with E-state index < -0.39 is 11.9 Å². The number of hydrogen-bond acceptors (Lipinski definition) is 5. The van der Waals surface area contributed by atoms with Gasteiger partial charge < -0.3 is 10.6 Å². The number of aromatic nitrogens is 1. The number of nitrogen functional groups attached to an aromatic ring is 1. The van der Waals surface area contributed by atoms with Crippen molar-refractivity contribution in [2.75, 3.05) is 5.73 Å². The number of aryl methyl sites for hydroxylation is 1. The van der Waals surface area contributed by atoms with Gasteiger partial charge in [0.1, 0.15) is 11.9 Å². The topological polar surface area (TPSA) is 105 Å². The van der Waals surface area contributed by atoms with Crippen LogP contribution in [-0.4, -0.2) is 33.6 Å². The third-order valence-electron chi connectivity index (χ3n) is 5.99. The molecule has 1 fully saturated rings. The molecule has 0 spiro atoms. The Labute approximate surface area is 172 Å². The summed E-state index contributed by atoms with van der Waals surface area (Å²) in [5, 5.41) is 4.29. The van der Waals surface area contributed by atoms with Crippen molar-refractivity contribution in [2.45, 2.75) is 32.4 Å². The van der Waals surface area contributed by atoms with Crippen LogP contribution in [0.4, 0.5) is 5.82 Å². The molecule has 1 saturated heterocycles. The molecule has 7 heteroatoms. The van der Waals surface area contributed by atoms with Crippen LogP contribution < -0.4 is 11.1 Å². The minimum absolute atomic E-state index is 0.186. The molecule has 3 N–H and O–H groups in total. The van der Waals surface area contributed by atoms with E-state index in [1.54, 1.807) is 11.0 Å². The van der Waals surface area contributed by atoms with Gasteiger partial charge in [-0.25, -0.2) is 4.98 Å².